The quantitative estimate of drug-likeness (QED) is 0.530. The van der Waals surface area contributed by atoms with Crippen LogP contribution >= 0.6 is 0 Å². The summed E-state index contributed by atoms with van der Waals surface area (Å²) in [5.74, 6) is 0.876. The third-order valence-corrected chi connectivity index (χ3v) is 5.07. The molecule has 4 heteroatoms. The Bertz CT molecular complexity index is 499. The van der Waals surface area contributed by atoms with Gasteiger partial charge in [0, 0.05) is 19.7 Å². The molecule has 4 nitrogen and oxygen atoms in total. The van der Waals surface area contributed by atoms with Crippen LogP contribution in [0, 0.1) is 12.3 Å². The summed E-state index contributed by atoms with van der Waals surface area (Å²) >= 11 is 0. The normalized spacial score (nSPS) is 17.5. The molecule has 0 aliphatic heterocycles. The van der Waals surface area contributed by atoms with Crippen LogP contribution in [-0.2, 0) is 6.54 Å². The van der Waals surface area contributed by atoms with E-state index in [9.17, 15) is 5.11 Å². The van der Waals surface area contributed by atoms with Crippen molar-refractivity contribution in [3.8, 4) is 0 Å². The first-order chi connectivity index (χ1) is 11.7. The van der Waals surface area contributed by atoms with Gasteiger partial charge in [-0.3, -0.25) is 0 Å². The second-order valence-corrected chi connectivity index (χ2v) is 7.07. The van der Waals surface area contributed by atoms with Crippen molar-refractivity contribution < 1.29 is 5.11 Å². The molecular formula is C20H33N3O. The Morgan fingerprint density at radius 1 is 1.12 bits per heavy atom. The highest BCUT2D eigenvalue weighted by Gasteiger charge is 2.31. The lowest BCUT2D eigenvalue weighted by Crippen LogP contribution is -2.44. The van der Waals surface area contributed by atoms with Gasteiger partial charge in [-0.1, -0.05) is 49.1 Å². The van der Waals surface area contributed by atoms with Crippen LogP contribution < -0.4 is 10.6 Å². The number of aliphatic hydroxyl groups excluding tert-OH is 1. The van der Waals surface area contributed by atoms with Crippen molar-refractivity contribution in [3.05, 3.63) is 35.4 Å². The number of rotatable bonds is 7. The van der Waals surface area contributed by atoms with E-state index < -0.39 is 0 Å². The highest BCUT2D eigenvalue weighted by Crippen LogP contribution is 2.38. The average molecular weight is 332 g/mol. The second-order valence-electron chi connectivity index (χ2n) is 7.07. The number of aryl methyl sites for hydroxylation is 1. The SMILES string of the molecule is CCNC(=NCc1ccc(C)cc1)NCC1(CCO)CCCCC1. The Labute approximate surface area is 146 Å². The smallest absolute Gasteiger partial charge is 0.191 e. The minimum absolute atomic E-state index is 0.229. The Morgan fingerprint density at radius 2 is 1.83 bits per heavy atom. The maximum atomic E-state index is 9.45. The van der Waals surface area contributed by atoms with Gasteiger partial charge < -0.3 is 15.7 Å². The topological polar surface area (TPSA) is 56.7 Å². The summed E-state index contributed by atoms with van der Waals surface area (Å²) in [5, 5.41) is 16.3. The first-order valence-electron chi connectivity index (χ1n) is 9.36. The maximum Gasteiger partial charge on any atom is 0.191 e. The van der Waals surface area contributed by atoms with Crippen LogP contribution in [0.25, 0.3) is 0 Å². The molecule has 0 unspecified atom stereocenters. The van der Waals surface area contributed by atoms with Crippen molar-refractivity contribution in [2.45, 2.75) is 58.9 Å². The van der Waals surface area contributed by atoms with E-state index in [1.807, 2.05) is 0 Å². The van der Waals surface area contributed by atoms with E-state index in [1.165, 1.54) is 43.2 Å². The molecule has 1 saturated carbocycles. The molecule has 24 heavy (non-hydrogen) atoms. The molecule has 0 amide bonds. The summed E-state index contributed by atoms with van der Waals surface area (Å²) in [5.41, 5.74) is 2.73. The molecule has 2 rings (SSSR count). The zero-order valence-electron chi connectivity index (χ0n) is 15.3. The van der Waals surface area contributed by atoms with Crippen molar-refractivity contribution in [1.29, 1.82) is 0 Å². The van der Waals surface area contributed by atoms with Gasteiger partial charge in [0.25, 0.3) is 0 Å². The first-order valence-corrected chi connectivity index (χ1v) is 9.36. The lowest BCUT2D eigenvalue weighted by Gasteiger charge is -2.37. The van der Waals surface area contributed by atoms with Crippen molar-refractivity contribution in [2.75, 3.05) is 19.7 Å². The van der Waals surface area contributed by atoms with Gasteiger partial charge in [-0.05, 0) is 44.1 Å². The van der Waals surface area contributed by atoms with Crippen LogP contribution in [0.1, 0.15) is 56.6 Å². The van der Waals surface area contributed by atoms with E-state index in [0.29, 0.717) is 6.54 Å². The fraction of sp³-hybridized carbons (Fsp3) is 0.650. The number of guanidine groups is 1. The Balaban J connectivity index is 1.95. The summed E-state index contributed by atoms with van der Waals surface area (Å²) in [4.78, 5) is 4.72. The maximum absolute atomic E-state index is 9.45. The molecule has 1 aliphatic rings. The van der Waals surface area contributed by atoms with Gasteiger partial charge in [0.05, 0.1) is 6.54 Å². The Hall–Kier alpha value is -1.55. The molecule has 0 bridgehead atoms. The molecule has 0 aromatic heterocycles. The third kappa shape index (κ3) is 5.82. The summed E-state index contributed by atoms with van der Waals surface area (Å²) < 4.78 is 0. The monoisotopic (exact) mass is 331 g/mol. The van der Waals surface area contributed by atoms with Gasteiger partial charge in [0.15, 0.2) is 5.96 Å². The highest BCUT2D eigenvalue weighted by molar-refractivity contribution is 5.79. The summed E-state index contributed by atoms with van der Waals surface area (Å²) in [6, 6.07) is 8.53. The summed E-state index contributed by atoms with van der Waals surface area (Å²) in [6.45, 7) is 6.90. The fourth-order valence-electron chi connectivity index (χ4n) is 3.53. The van der Waals surface area contributed by atoms with E-state index in [2.05, 4.69) is 48.7 Å². The number of hydrogen-bond acceptors (Lipinski definition) is 2. The van der Waals surface area contributed by atoms with Gasteiger partial charge in [-0.25, -0.2) is 4.99 Å². The molecule has 1 aliphatic carbocycles. The van der Waals surface area contributed by atoms with Crippen molar-refractivity contribution in [1.82, 2.24) is 10.6 Å². The van der Waals surface area contributed by atoms with Crippen LogP contribution in [0.15, 0.2) is 29.3 Å². The number of aliphatic imine (C=N–C) groups is 1. The molecule has 1 aromatic carbocycles. The van der Waals surface area contributed by atoms with E-state index in [0.717, 1.165) is 25.5 Å². The molecule has 0 saturated heterocycles. The van der Waals surface area contributed by atoms with E-state index in [-0.39, 0.29) is 12.0 Å². The Kier molecular flexibility index (Phi) is 7.57. The third-order valence-electron chi connectivity index (χ3n) is 5.07. The van der Waals surface area contributed by atoms with Gasteiger partial charge in [0.1, 0.15) is 0 Å². The summed E-state index contributed by atoms with van der Waals surface area (Å²) in [6.07, 6.45) is 7.18. The number of nitrogens with one attached hydrogen (secondary N) is 2. The average Bonchev–Trinajstić information content (AvgIpc) is 2.60. The number of hydrogen-bond donors (Lipinski definition) is 3. The predicted octanol–water partition coefficient (Wildman–Crippen LogP) is 3.38. The fourth-order valence-corrected chi connectivity index (χ4v) is 3.53. The molecule has 1 aromatic rings. The van der Waals surface area contributed by atoms with Crippen LogP contribution in [0.3, 0.4) is 0 Å². The van der Waals surface area contributed by atoms with Crippen molar-refractivity contribution in [3.63, 3.8) is 0 Å². The molecule has 3 N–H and O–H groups in total. The molecular weight excluding hydrogens is 298 g/mol. The summed E-state index contributed by atoms with van der Waals surface area (Å²) in [7, 11) is 0. The standard InChI is InChI=1S/C20H33N3O/c1-3-21-19(22-15-18-9-7-17(2)8-10-18)23-16-20(13-14-24)11-5-4-6-12-20/h7-10,24H,3-6,11-16H2,1-2H3,(H2,21,22,23). The van der Waals surface area contributed by atoms with E-state index in [4.69, 9.17) is 4.99 Å². The van der Waals surface area contributed by atoms with E-state index >= 15 is 0 Å². The Morgan fingerprint density at radius 3 is 2.46 bits per heavy atom. The molecule has 134 valence electrons. The first kappa shape index (κ1) is 18.8. The van der Waals surface area contributed by atoms with Crippen molar-refractivity contribution >= 4 is 5.96 Å². The zero-order chi connectivity index (χ0) is 17.3. The van der Waals surface area contributed by atoms with Crippen LogP contribution in [0.5, 0.6) is 0 Å². The molecule has 0 atom stereocenters. The van der Waals surface area contributed by atoms with Gasteiger partial charge in [0.2, 0.25) is 0 Å². The second kappa shape index (κ2) is 9.67. The zero-order valence-corrected chi connectivity index (χ0v) is 15.3. The molecule has 0 spiro atoms. The van der Waals surface area contributed by atoms with Crippen LogP contribution in [0.4, 0.5) is 0 Å². The van der Waals surface area contributed by atoms with Crippen molar-refractivity contribution in [2.24, 2.45) is 10.4 Å². The largest absolute Gasteiger partial charge is 0.396 e. The van der Waals surface area contributed by atoms with Crippen LogP contribution in [0.2, 0.25) is 0 Å². The lowest BCUT2D eigenvalue weighted by molar-refractivity contribution is 0.131. The minimum Gasteiger partial charge on any atom is -0.396 e. The molecule has 0 radical (unpaired) electrons. The predicted molar refractivity (Wildman–Crippen MR) is 101 cm³/mol. The van der Waals surface area contributed by atoms with Gasteiger partial charge in [-0.2, -0.15) is 0 Å². The number of benzene rings is 1. The molecule has 0 heterocycles. The minimum atomic E-state index is 0.229. The number of nitrogens with zero attached hydrogens (tertiary/aromatic N) is 1. The highest BCUT2D eigenvalue weighted by atomic mass is 16.3. The number of aliphatic hydroxyl groups is 1. The van der Waals surface area contributed by atoms with E-state index in [1.54, 1.807) is 0 Å². The van der Waals surface area contributed by atoms with Gasteiger partial charge >= 0.3 is 0 Å². The lowest BCUT2D eigenvalue weighted by atomic mass is 9.72. The van der Waals surface area contributed by atoms with Crippen LogP contribution in [-0.4, -0.2) is 30.8 Å². The molecule has 1 fully saturated rings. The van der Waals surface area contributed by atoms with Gasteiger partial charge in [-0.15, -0.1) is 0 Å².